The van der Waals surface area contributed by atoms with Gasteiger partial charge in [-0.1, -0.05) is 24.3 Å². The highest BCUT2D eigenvalue weighted by Crippen LogP contribution is 2.30. The molecule has 2 aliphatic rings. The first-order valence-electron chi connectivity index (χ1n) is 8.93. The number of hydrogen-bond donors (Lipinski definition) is 1. The number of benzene rings is 2. The van der Waals surface area contributed by atoms with Crippen LogP contribution in [0.25, 0.3) is 0 Å². The molecule has 0 aliphatic carbocycles. The van der Waals surface area contributed by atoms with Crippen molar-refractivity contribution >= 4 is 5.91 Å². The Kier molecular flexibility index (Phi) is 4.36. The third-order valence-electron chi connectivity index (χ3n) is 5.32. The molecule has 2 aromatic rings. The predicted molar refractivity (Wildman–Crippen MR) is 97.8 cm³/mol. The van der Waals surface area contributed by atoms with Gasteiger partial charge in [-0.3, -0.25) is 9.69 Å². The summed E-state index contributed by atoms with van der Waals surface area (Å²) in [6, 6.07) is 17.3. The third kappa shape index (κ3) is 3.29. The maximum absolute atomic E-state index is 12.6. The van der Waals surface area contributed by atoms with E-state index in [1.54, 1.807) is 0 Å². The van der Waals surface area contributed by atoms with Gasteiger partial charge in [0.05, 0.1) is 22.7 Å². The molecule has 4 rings (SSSR count). The molecule has 5 heteroatoms. The minimum Gasteiger partial charge on any atom is -0.490 e. The zero-order chi connectivity index (χ0) is 18.0. The van der Waals surface area contributed by atoms with E-state index in [-0.39, 0.29) is 11.4 Å². The van der Waals surface area contributed by atoms with Crippen LogP contribution in [-0.2, 0) is 6.54 Å². The lowest BCUT2D eigenvalue weighted by Gasteiger charge is -2.41. The average Bonchev–Trinajstić information content (AvgIpc) is 2.82. The maximum atomic E-state index is 12.6. The molecule has 0 aromatic heterocycles. The van der Waals surface area contributed by atoms with Crippen LogP contribution in [0.5, 0.6) is 5.75 Å². The second kappa shape index (κ2) is 6.81. The minimum atomic E-state index is -0.294. The molecule has 0 radical (unpaired) electrons. The van der Waals surface area contributed by atoms with E-state index in [1.165, 1.54) is 5.56 Å². The number of nitrogens with zero attached hydrogens (tertiary/aromatic N) is 2. The van der Waals surface area contributed by atoms with E-state index >= 15 is 0 Å². The van der Waals surface area contributed by atoms with Crippen molar-refractivity contribution in [3.05, 3.63) is 65.2 Å². The van der Waals surface area contributed by atoms with E-state index in [4.69, 9.17) is 10.00 Å². The quantitative estimate of drug-likeness (QED) is 0.907. The van der Waals surface area contributed by atoms with Crippen LogP contribution < -0.4 is 10.1 Å². The summed E-state index contributed by atoms with van der Waals surface area (Å²) in [5.41, 5.74) is 2.21. The van der Waals surface area contributed by atoms with E-state index in [0.29, 0.717) is 23.5 Å². The smallest absolute Gasteiger partial charge is 0.255 e. The Morgan fingerprint density at radius 3 is 2.58 bits per heavy atom. The van der Waals surface area contributed by atoms with Gasteiger partial charge in [-0.05, 0) is 42.7 Å². The Labute approximate surface area is 153 Å². The molecule has 0 saturated carbocycles. The summed E-state index contributed by atoms with van der Waals surface area (Å²) in [5, 5.41) is 12.1. The average molecular weight is 347 g/mol. The molecule has 2 heterocycles. The number of hydrogen-bond acceptors (Lipinski definition) is 4. The molecule has 2 aliphatic heterocycles. The first-order chi connectivity index (χ1) is 12.7. The molecule has 2 aromatic carbocycles. The zero-order valence-electron chi connectivity index (χ0n) is 14.6. The molecule has 132 valence electrons. The van der Waals surface area contributed by atoms with Crippen molar-refractivity contribution in [2.75, 3.05) is 19.7 Å². The van der Waals surface area contributed by atoms with Gasteiger partial charge in [0, 0.05) is 19.6 Å². The van der Waals surface area contributed by atoms with E-state index in [1.807, 2.05) is 48.5 Å². The molecule has 1 spiro atoms. The topological polar surface area (TPSA) is 65.4 Å². The Morgan fingerprint density at radius 2 is 1.85 bits per heavy atom. The van der Waals surface area contributed by atoms with Gasteiger partial charge in [-0.15, -0.1) is 0 Å². The van der Waals surface area contributed by atoms with E-state index in [2.05, 4.69) is 16.3 Å². The molecule has 1 amide bonds. The van der Waals surface area contributed by atoms with Gasteiger partial charge in [-0.25, -0.2) is 0 Å². The van der Waals surface area contributed by atoms with Crippen molar-refractivity contribution < 1.29 is 9.53 Å². The number of fused-ring (bicyclic) bond motifs is 1. The summed E-state index contributed by atoms with van der Waals surface area (Å²) in [7, 11) is 0. The zero-order valence-corrected chi connectivity index (χ0v) is 14.6. The lowest BCUT2D eigenvalue weighted by atomic mass is 9.88. The number of carbonyl (C=O) groups is 1. The molecule has 1 N–H and O–H groups in total. The van der Waals surface area contributed by atoms with Crippen molar-refractivity contribution in [3.63, 3.8) is 0 Å². The number of nitriles is 1. The van der Waals surface area contributed by atoms with Crippen LogP contribution in [0.3, 0.4) is 0 Å². The van der Waals surface area contributed by atoms with E-state index in [0.717, 1.165) is 32.5 Å². The van der Waals surface area contributed by atoms with E-state index in [9.17, 15) is 4.79 Å². The predicted octanol–water partition coefficient (Wildman–Crippen LogP) is 2.72. The number of piperidine rings is 1. The Balaban J connectivity index is 1.40. The van der Waals surface area contributed by atoms with E-state index < -0.39 is 0 Å². The largest absolute Gasteiger partial charge is 0.490 e. The summed E-state index contributed by atoms with van der Waals surface area (Å²) < 4.78 is 5.96. The number of nitrogens with one attached hydrogen (secondary N) is 1. The fourth-order valence-corrected chi connectivity index (χ4v) is 3.69. The van der Waals surface area contributed by atoms with Crippen molar-refractivity contribution in [1.82, 2.24) is 10.2 Å². The normalized spacial score (nSPS) is 19.0. The standard InChI is InChI=1S/C21H21N3O2/c22-13-16-5-7-17(8-6-16)14-24-11-9-21(10-12-24)15-26-19-4-2-1-3-18(19)20(25)23-21/h1-8H,9-12,14-15H2,(H,23,25). The molecule has 0 bridgehead atoms. The maximum Gasteiger partial charge on any atom is 0.255 e. The SMILES string of the molecule is N#Cc1ccc(CN2CCC3(CC2)COc2ccccc2C(=O)N3)cc1. The fraction of sp³-hybridized carbons (Fsp3) is 0.333. The number of likely N-dealkylation sites (tertiary alicyclic amines) is 1. The number of rotatable bonds is 2. The van der Waals surface area contributed by atoms with Crippen molar-refractivity contribution in [1.29, 1.82) is 5.26 Å². The van der Waals surface area contributed by atoms with Gasteiger partial charge in [0.25, 0.3) is 5.91 Å². The van der Waals surface area contributed by atoms with Crippen LogP contribution in [0.2, 0.25) is 0 Å². The second-order valence-corrected chi connectivity index (χ2v) is 7.10. The van der Waals surface area contributed by atoms with Gasteiger partial charge in [0.1, 0.15) is 12.4 Å². The molecular weight excluding hydrogens is 326 g/mol. The number of ether oxygens (including phenoxy) is 1. The van der Waals surface area contributed by atoms with Crippen molar-refractivity contribution in [2.45, 2.75) is 24.9 Å². The Bertz CT molecular complexity index is 846. The van der Waals surface area contributed by atoms with Gasteiger partial charge < -0.3 is 10.1 Å². The summed E-state index contributed by atoms with van der Waals surface area (Å²) in [4.78, 5) is 15.0. The Hall–Kier alpha value is -2.84. The molecule has 1 fully saturated rings. The summed E-state index contributed by atoms with van der Waals surface area (Å²) in [5.74, 6) is 0.625. The molecule has 1 saturated heterocycles. The van der Waals surface area contributed by atoms with Crippen LogP contribution in [0.15, 0.2) is 48.5 Å². The first kappa shape index (κ1) is 16.6. The van der Waals surface area contributed by atoms with Crippen LogP contribution in [0.4, 0.5) is 0 Å². The minimum absolute atomic E-state index is 0.0429. The first-order valence-corrected chi connectivity index (χ1v) is 8.93. The van der Waals surface area contributed by atoms with Crippen LogP contribution >= 0.6 is 0 Å². The third-order valence-corrected chi connectivity index (χ3v) is 5.32. The summed E-state index contributed by atoms with van der Waals surface area (Å²) in [6.07, 6.45) is 1.73. The second-order valence-electron chi connectivity index (χ2n) is 7.10. The number of amides is 1. The molecule has 0 atom stereocenters. The monoisotopic (exact) mass is 347 g/mol. The lowest BCUT2D eigenvalue weighted by Crippen LogP contribution is -2.57. The van der Waals surface area contributed by atoms with Crippen LogP contribution in [0.1, 0.15) is 34.3 Å². The highest BCUT2D eigenvalue weighted by molar-refractivity contribution is 5.97. The van der Waals surface area contributed by atoms with Crippen molar-refractivity contribution in [3.8, 4) is 11.8 Å². The number of para-hydroxylation sites is 1. The summed E-state index contributed by atoms with van der Waals surface area (Å²) in [6.45, 7) is 3.18. The highest BCUT2D eigenvalue weighted by atomic mass is 16.5. The lowest BCUT2D eigenvalue weighted by molar-refractivity contribution is 0.0709. The van der Waals surface area contributed by atoms with Gasteiger partial charge >= 0.3 is 0 Å². The van der Waals surface area contributed by atoms with Gasteiger partial charge in [0.2, 0.25) is 0 Å². The molecule has 26 heavy (non-hydrogen) atoms. The molecule has 0 unspecified atom stereocenters. The fourth-order valence-electron chi connectivity index (χ4n) is 3.69. The van der Waals surface area contributed by atoms with Gasteiger partial charge in [0.15, 0.2) is 0 Å². The number of carbonyl (C=O) groups excluding carboxylic acids is 1. The van der Waals surface area contributed by atoms with Crippen molar-refractivity contribution in [2.24, 2.45) is 0 Å². The summed E-state index contributed by atoms with van der Waals surface area (Å²) >= 11 is 0. The highest BCUT2D eigenvalue weighted by Gasteiger charge is 2.39. The van der Waals surface area contributed by atoms with Crippen LogP contribution in [0, 0.1) is 11.3 Å². The molecule has 5 nitrogen and oxygen atoms in total. The van der Waals surface area contributed by atoms with Crippen LogP contribution in [-0.4, -0.2) is 36.0 Å². The van der Waals surface area contributed by atoms with Gasteiger partial charge in [-0.2, -0.15) is 5.26 Å². The Morgan fingerprint density at radius 1 is 1.12 bits per heavy atom. The molecular formula is C21H21N3O2.